The Morgan fingerprint density at radius 3 is 0.500 bits per heavy atom. The molecule has 0 aromatic rings. The van der Waals surface area contributed by atoms with Gasteiger partial charge < -0.3 is 21.9 Å². The Morgan fingerprint density at radius 2 is 0.500 bits per heavy atom. The quantitative estimate of drug-likeness (QED) is 0.511. The van der Waals surface area contributed by atoms with Crippen molar-refractivity contribution in [2.24, 2.45) is 0 Å². The molecule has 6 heavy (non-hydrogen) atoms. The summed E-state index contributed by atoms with van der Waals surface area (Å²) in [5.74, 6) is 0. The van der Waals surface area contributed by atoms with Crippen LogP contribution in [0.5, 0.6) is 0 Å². The summed E-state index contributed by atoms with van der Waals surface area (Å²) in [5.41, 5.74) is 0. The largest absolute Gasteiger partial charge is 4.00 e. The van der Waals surface area contributed by atoms with Crippen LogP contribution in [0.25, 0.3) is 0 Å². The molecule has 0 N–H and O–H groups in total. The van der Waals surface area contributed by atoms with E-state index >= 15 is 0 Å². The van der Waals surface area contributed by atoms with Crippen LogP contribution in [-0.4, -0.2) is 23.9 Å². The summed E-state index contributed by atoms with van der Waals surface area (Å²) >= 11 is 0. The summed E-state index contributed by atoms with van der Waals surface area (Å²) in [6.45, 7) is 0. The van der Waals surface area contributed by atoms with Crippen LogP contribution in [0, 0.1) is 0 Å². The monoisotopic (exact) mass is 274 g/mol. The maximum atomic E-state index is 0. The van der Waals surface area contributed by atoms with Crippen LogP contribution in [0.2, 0.25) is 0 Å². The molecule has 0 amide bonds. The number of hydrogen-bond acceptors (Lipinski definition) is 0. The van der Waals surface area contributed by atoms with Crippen molar-refractivity contribution in [3.05, 3.63) is 0 Å². The van der Waals surface area contributed by atoms with E-state index in [9.17, 15) is 0 Å². The predicted octanol–water partition coefficient (Wildman–Crippen LogP) is -0.859. The van der Waals surface area contributed by atoms with Gasteiger partial charge in [0.25, 0.3) is 0 Å². The van der Waals surface area contributed by atoms with E-state index in [1.807, 2.05) is 0 Å². The third-order valence-electron chi connectivity index (χ3n) is 0. The van der Waals surface area contributed by atoms with Crippen molar-refractivity contribution >= 4 is 23.9 Å². The summed E-state index contributed by atoms with van der Waals surface area (Å²) in [4.78, 5) is 0. The summed E-state index contributed by atoms with van der Waals surface area (Å²) in [6, 6.07) is 0. The molecule has 0 aliphatic carbocycles. The van der Waals surface area contributed by atoms with Gasteiger partial charge in [-0.3, -0.25) is 0 Å². The molecule has 0 aromatic carbocycles. The van der Waals surface area contributed by atoms with Crippen molar-refractivity contribution in [1.82, 2.24) is 0 Å². The van der Waals surface area contributed by atoms with Crippen molar-refractivity contribution in [2.75, 3.05) is 0 Å². The fourth-order valence-electron chi connectivity index (χ4n) is 0. The van der Waals surface area contributed by atoms with Gasteiger partial charge in [-0.1, -0.05) is 0 Å². The first kappa shape index (κ1) is 138. The third-order valence-corrected chi connectivity index (χ3v) is 0. The van der Waals surface area contributed by atoms with E-state index in [-0.39, 0.29) is 72.0 Å². The maximum absolute atomic E-state index is 0. The van der Waals surface area contributed by atoms with Gasteiger partial charge in [-0.2, -0.15) is 0 Å². The Hall–Kier alpha value is 1.52. The van der Waals surface area contributed by atoms with Crippen molar-refractivity contribution in [3.8, 4) is 0 Å². The normalized spacial score (nSPS) is 0. The average Bonchev–Trinajstić information content (AvgIpc) is 0. The molecular weight excluding hydrogens is 274 g/mol. The second kappa shape index (κ2) is 85.9. The van der Waals surface area contributed by atoms with E-state index in [0.717, 1.165) is 0 Å². The van der Waals surface area contributed by atoms with E-state index in [0.29, 0.717) is 0 Å². The van der Waals surface area contributed by atoms with Crippen LogP contribution < -0.4 is 0 Å². The summed E-state index contributed by atoms with van der Waals surface area (Å²) in [5, 5.41) is 0. The second-order valence-corrected chi connectivity index (χ2v) is 0. The van der Waals surface area contributed by atoms with Crippen molar-refractivity contribution in [1.29, 1.82) is 0 Å². The second-order valence-electron chi connectivity index (χ2n) is 0. The maximum Gasteiger partial charge on any atom is 4.00 e. The van der Waals surface area contributed by atoms with Gasteiger partial charge in [0.2, 0.25) is 0 Å². The topological polar surface area (TPSA) is 114 Å². The fraction of sp³-hybridized carbons (Fsp3) is 0. The zero-order valence-corrected chi connectivity index (χ0v) is 7.95. The molecule has 0 atom stereocenters. The summed E-state index contributed by atoms with van der Waals surface area (Å²) in [7, 11) is 0. The number of rotatable bonds is 0. The van der Waals surface area contributed by atoms with Gasteiger partial charge in [0.1, 0.15) is 0 Å². The SMILES string of the molecule is [O-2].[O-2].[O-2].[O-2].[Sn+4].[Zr+4]. The van der Waals surface area contributed by atoms with Crippen LogP contribution in [0.15, 0.2) is 0 Å². The first-order valence-corrected chi connectivity index (χ1v) is 0. The van der Waals surface area contributed by atoms with Crippen LogP contribution in [0.3, 0.4) is 0 Å². The summed E-state index contributed by atoms with van der Waals surface area (Å²) < 4.78 is 0. The van der Waals surface area contributed by atoms with E-state index in [1.165, 1.54) is 0 Å². The summed E-state index contributed by atoms with van der Waals surface area (Å²) in [6.07, 6.45) is 0. The van der Waals surface area contributed by atoms with E-state index in [4.69, 9.17) is 0 Å². The molecule has 0 saturated carbocycles. The van der Waals surface area contributed by atoms with Gasteiger partial charge in [0.15, 0.2) is 0 Å². The average molecular weight is 274 g/mol. The van der Waals surface area contributed by atoms with Gasteiger partial charge >= 0.3 is 50.1 Å². The Kier molecular flexibility index (Phi) is 1980. The molecule has 0 fully saturated rings. The van der Waals surface area contributed by atoms with Gasteiger partial charge in [-0.15, -0.1) is 0 Å². The minimum atomic E-state index is 0. The Labute approximate surface area is 71.6 Å². The van der Waals surface area contributed by atoms with Gasteiger partial charge in [-0.05, 0) is 0 Å². The molecule has 6 heteroatoms. The minimum absolute atomic E-state index is 0. The Morgan fingerprint density at radius 1 is 0.500 bits per heavy atom. The van der Waals surface area contributed by atoms with Crippen LogP contribution in [0.1, 0.15) is 0 Å². The first-order chi connectivity index (χ1) is 0. The molecule has 0 unspecified atom stereocenters. The molecule has 0 spiro atoms. The Bertz CT molecular complexity index is 7.51. The number of hydrogen-bond donors (Lipinski definition) is 0. The Balaban J connectivity index is 0. The molecule has 0 rings (SSSR count). The minimum Gasteiger partial charge on any atom is -2.00 e. The molecule has 0 saturated heterocycles. The smallest absolute Gasteiger partial charge is 2.00 e. The zero-order valence-electron chi connectivity index (χ0n) is 2.63. The molecular formula is O4SnZr. The molecule has 4 nitrogen and oxygen atoms in total. The van der Waals surface area contributed by atoms with E-state index < -0.39 is 0 Å². The van der Waals surface area contributed by atoms with Crippen molar-refractivity contribution in [2.45, 2.75) is 0 Å². The molecule has 0 heterocycles. The van der Waals surface area contributed by atoms with Crippen molar-refractivity contribution < 1.29 is 48.1 Å². The van der Waals surface area contributed by atoms with Crippen LogP contribution >= 0.6 is 0 Å². The third kappa shape index (κ3) is 48.8. The molecule has 0 radical (unpaired) electrons. The van der Waals surface area contributed by atoms with Crippen LogP contribution in [0.4, 0.5) is 0 Å². The van der Waals surface area contributed by atoms with Crippen molar-refractivity contribution in [3.63, 3.8) is 0 Å². The van der Waals surface area contributed by atoms with E-state index in [1.54, 1.807) is 0 Å². The zero-order chi connectivity index (χ0) is 0. The molecule has 0 aliphatic heterocycles. The predicted molar refractivity (Wildman–Crippen MR) is 8.50 cm³/mol. The first-order valence-electron chi connectivity index (χ1n) is 0. The van der Waals surface area contributed by atoms with Crippen LogP contribution in [-0.2, 0) is 48.1 Å². The van der Waals surface area contributed by atoms with E-state index in [2.05, 4.69) is 0 Å². The molecule has 0 bridgehead atoms. The standard InChI is InChI=1S/4O.Sn.Zr/q4*-2;2*+4. The van der Waals surface area contributed by atoms with Gasteiger partial charge in [0.05, 0.1) is 0 Å². The molecule has 0 aromatic heterocycles. The van der Waals surface area contributed by atoms with Gasteiger partial charge in [-0.25, -0.2) is 0 Å². The fourth-order valence-corrected chi connectivity index (χ4v) is 0. The molecule has 0 aliphatic rings. The molecule has 32 valence electrons. The van der Waals surface area contributed by atoms with Gasteiger partial charge in [0, 0.05) is 0 Å².